The molecule has 3 atom stereocenters. The van der Waals surface area contributed by atoms with Crippen LogP contribution in [0.25, 0.3) is 0 Å². The van der Waals surface area contributed by atoms with Crippen molar-refractivity contribution in [3.05, 3.63) is 35.4 Å². The van der Waals surface area contributed by atoms with Gasteiger partial charge in [0.2, 0.25) is 0 Å². The van der Waals surface area contributed by atoms with Crippen LogP contribution >= 0.6 is 12.4 Å². The summed E-state index contributed by atoms with van der Waals surface area (Å²) in [5, 5.41) is 0. The molecule has 3 rings (SSSR count). The summed E-state index contributed by atoms with van der Waals surface area (Å²) in [5.41, 5.74) is 9.05. The van der Waals surface area contributed by atoms with E-state index in [-0.39, 0.29) is 12.4 Å². The lowest BCUT2D eigenvalue weighted by Gasteiger charge is -2.29. The predicted molar refractivity (Wildman–Crippen MR) is 82.5 cm³/mol. The fraction of sp³-hybridized carbons (Fsp3) is 0.625. The van der Waals surface area contributed by atoms with E-state index in [1.807, 2.05) is 0 Å². The molecule has 0 aromatic heterocycles. The first-order valence-electron chi connectivity index (χ1n) is 7.26. The number of likely N-dealkylation sites (tertiary alicyclic amines) is 1. The number of hydrogen-bond donors (Lipinski definition) is 1. The number of halogens is 1. The van der Waals surface area contributed by atoms with Crippen LogP contribution in [-0.4, -0.2) is 24.0 Å². The Morgan fingerprint density at radius 2 is 1.89 bits per heavy atom. The van der Waals surface area contributed by atoms with Crippen molar-refractivity contribution in [1.29, 1.82) is 0 Å². The van der Waals surface area contributed by atoms with Crippen LogP contribution in [0.3, 0.4) is 0 Å². The second-order valence-corrected chi connectivity index (χ2v) is 6.20. The molecule has 19 heavy (non-hydrogen) atoms. The van der Waals surface area contributed by atoms with Crippen molar-refractivity contribution in [3.63, 3.8) is 0 Å². The average molecular weight is 281 g/mol. The van der Waals surface area contributed by atoms with Gasteiger partial charge >= 0.3 is 0 Å². The monoisotopic (exact) mass is 280 g/mol. The normalized spacial score (nSPS) is 30.7. The first-order chi connectivity index (χ1) is 8.72. The molecule has 3 heteroatoms. The van der Waals surface area contributed by atoms with Crippen molar-refractivity contribution >= 4 is 12.4 Å². The molecule has 0 spiro atoms. The summed E-state index contributed by atoms with van der Waals surface area (Å²) in [6.45, 7) is 5.71. The van der Waals surface area contributed by atoms with E-state index < -0.39 is 0 Å². The summed E-state index contributed by atoms with van der Waals surface area (Å²) >= 11 is 0. The Morgan fingerprint density at radius 3 is 2.58 bits per heavy atom. The summed E-state index contributed by atoms with van der Waals surface area (Å²) in [6.07, 6.45) is 3.96. The quantitative estimate of drug-likeness (QED) is 0.902. The number of benzene rings is 1. The Balaban J connectivity index is 0.00000133. The van der Waals surface area contributed by atoms with Crippen LogP contribution in [0.15, 0.2) is 24.3 Å². The van der Waals surface area contributed by atoms with Crippen LogP contribution in [-0.2, 0) is 6.54 Å². The standard InChI is InChI=1S/C16H24N2.ClH/c1-12-5-7-13(8-6-12)9-18-10-14-3-2-4-16(17)15(14)11-18;/h5-8,14-16H,2-4,9-11,17H2,1H3;1H. The van der Waals surface area contributed by atoms with E-state index in [2.05, 4.69) is 36.1 Å². The molecule has 106 valence electrons. The van der Waals surface area contributed by atoms with Gasteiger partial charge in [-0.2, -0.15) is 0 Å². The first kappa shape index (κ1) is 14.8. The largest absolute Gasteiger partial charge is 0.327 e. The van der Waals surface area contributed by atoms with E-state index in [0.717, 1.165) is 18.4 Å². The second-order valence-electron chi connectivity index (χ2n) is 6.20. The molecule has 1 aliphatic carbocycles. The number of fused-ring (bicyclic) bond motifs is 1. The highest BCUT2D eigenvalue weighted by atomic mass is 35.5. The van der Waals surface area contributed by atoms with Gasteiger partial charge in [-0.25, -0.2) is 0 Å². The Kier molecular flexibility index (Phi) is 4.88. The molecule has 3 unspecified atom stereocenters. The molecule has 1 saturated heterocycles. The van der Waals surface area contributed by atoms with Crippen LogP contribution in [0.1, 0.15) is 30.4 Å². The van der Waals surface area contributed by atoms with Gasteiger partial charge in [-0.1, -0.05) is 36.2 Å². The Labute approximate surface area is 122 Å². The van der Waals surface area contributed by atoms with E-state index in [0.29, 0.717) is 6.04 Å². The topological polar surface area (TPSA) is 29.3 Å². The molecule has 1 heterocycles. The fourth-order valence-corrected chi connectivity index (χ4v) is 3.69. The van der Waals surface area contributed by atoms with Gasteiger partial charge in [-0.15, -0.1) is 12.4 Å². The third kappa shape index (κ3) is 3.31. The summed E-state index contributed by atoms with van der Waals surface area (Å²) in [7, 11) is 0. The number of aryl methyl sites for hydroxylation is 1. The zero-order valence-electron chi connectivity index (χ0n) is 11.7. The third-order valence-corrected chi connectivity index (χ3v) is 4.76. The highest BCUT2D eigenvalue weighted by Crippen LogP contribution is 2.35. The maximum Gasteiger partial charge on any atom is 0.0233 e. The van der Waals surface area contributed by atoms with Crippen LogP contribution in [0, 0.1) is 18.8 Å². The zero-order valence-corrected chi connectivity index (χ0v) is 12.5. The highest BCUT2D eigenvalue weighted by molar-refractivity contribution is 5.85. The number of hydrogen-bond acceptors (Lipinski definition) is 2. The highest BCUT2D eigenvalue weighted by Gasteiger charge is 2.38. The van der Waals surface area contributed by atoms with Crippen molar-refractivity contribution in [2.45, 2.75) is 38.8 Å². The van der Waals surface area contributed by atoms with Crippen LogP contribution in [0.4, 0.5) is 0 Å². The molecule has 0 bridgehead atoms. The summed E-state index contributed by atoms with van der Waals surface area (Å²) in [6, 6.07) is 9.40. The van der Waals surface area contributed by atoms with Crippen molar-refractivity contribution < 1.29 is 0 Å². The number of rotatable bonds is 2. The predicted octanol–water partition coefficient (Wildman–Crippen LogP) is 2.98. The molecule has 2 nitrogen and oxygen atoms in total. The zero-order chi connectivity index (χ0) is 12.5. The number of nitrogens with zero attached hydrogens (tertiary/aromatic N) is 1. The van der Waals surface area contributed by atoms with E-state index in [1.165, 1.54) is 43.5 Å². The number of nitrogens with two attached hydrogens (primary N) is 1. The van der Waals surface area contributed by atoms with Crippen LogP contribution in [0.2, 0.25) is 0 Å². The minimum Gasteiger partial charge on any atom is -0.327 e. The lowest BCUT2D eigenvalue weighted by molar-refractivity contribution is 0.259. The summed E-state index contributed by atoms with van der Waals surface area (Å²) in [4.78, 5) is 2.60. The van der Waals surface area contributed by atoms with Gasteiger partial charge < -0.3 is 5.73 Å². The molecule has 1 aromatic carbocycles. The van der Waals surface area contributed by atoms with Crippen LogP contribution in [0.5, 0.6) is 0 Å². The van der Waals surface area contributed by atoms with Crippen LogP contribution < -0.4 is 5.73 Å². The molecule has 2 aliphatic rings. The van der Waals surface area contributed by atoms with Crippen molar-refractivity contribution in [2.75, 3.05) is 13.1 Å². The van der Waals surface area contributed by atoms with Gasteiger partial charge in [-0.05, 0) is 37.2 Å². The fourth-order valence-electron chi connectivity index (χ4n) is 3.69. The molecule has 1 aromatic rings. The average Bonchev–Trinajstić information content (AvgIpc) is 2.76. The van der Waals surface area contributed by atoms with E-state index >= 15 is 0 Å². The third-order valence-electron chi connectivity index (χ3n) is 4.76. The minimum atomic E-state index is 0. The van der Waals surface area contributed by atoms with E-state index in [4.69, 9.17) is 5.73 Å². The van der Waals surface area contributed by atoms with Gasteiger partial charge in [0.25, 0.3) is 0 Å². The van der Waals surface area contributed by atoms with Crippen molar-refractivity contribution in [1.82, 2.24) is 4.90 Å². The lowest BCUT2D eigenvalue weighted by Crippen LogP contribution is -2.38. The summed E-state index contributed by atoms with van der Waals surface area (Å²) < 4.78 is 0. The molecular formula is C16H25ClN2. The Hall–Kier alpha value is -0.570. The SMILES string of the molecule is Cc1ccc(CN2CC3CCCC(N)C3C2)cc1.Cl. The van der Waals surface area contributed by atoms with Gasteiger partial charge in [0.15, 0.2) is 0 Å². The van der Waals surface area contributed by atoms with E-state index in [1.54, 1.807) is 0 Å². The molecule has 0 radical (unpaired) electrons. The second kappa shape index (κ2) is 6.25. The molecule has 2 fully saturated rings. The van der Waals surface area contributed by atoms with Gasteiger partial charge in [0.1, 0.15) is 0 Å². The maximum absolute atomic E-state index is 6.27. The Bertz CT molecular complexity index is 404. The van der Waals surface area contributed by atoms with Gasteiger partial charge in [0.05, 0.1) is 0 Å². The molecule has 2 N–H and O–H groups in total. The smallest absolute Gasteiger partial charge is 0.0233 e. The summed E-state index contributed by atoms with van der Waals surface area (Å²) in [5.74, 6) is 1.61. The van der Waals surface area contributed by atoms with Gasteiger partial charge in [0, 0.05) is 25.7 Å². The molecule has 1 saturated carbocycles. The lowest BCUT2D eigenvalue weighted by atomic mass is 9.78. The van der Waals surface area contributed by atoms with Crippen molar-refractivity contribution in [2.24, 2.45) is 17.6 Å². The molecule has 1 aliphatic heterocycles. The minimum absolute atomic E-state index is 0. The van der Waals surface area contributed by atoms with Gasteiger partial charge in [-0.3, -0.25) is 4.90 Å². The van der Waals surface area contributed by atoms with Crippen molar-refractivity contribution in [3.8, 4) is 0 Å². The first-order valence-corrected chi connectivity index (χ1v) is 7.26. The Morgan fingerprint density at radius 1 is 1.16 bits per heavy atom. The molecular weight excluding hydrogens is 256 g/mol. The van der Waals surface area contributed by atoms with E-state index in [9.17, 15) is 0 Å². The molecule has 0 amide bonds. The maximum atomic E-state index is 6.27.